The predicted molar refractivity (Wildman–Crippen MR) is 81.5 cm³/mol. The molecule has 0 saturated carbocycles. The number of piperidine rings is 1. The van der Waals surface area contributed by atoms with Gasteiger partial charge in [0.05, 0.1) is 12.7 Å². The van der Waals surface area contributed by atoms with Crippen LogP contribution in [-0.2, 0) is 14.3 Å². The second-order valence-corrected chi connectivity index (χ2v) is 6.25. The molecule has 22 heavy (non-hydrogen) atoms. The summed E-state index contributed by atoms with van der Waals surface area (Å²) in [5, 5.41) is 7.03. The van der Waals surface area contributed by atoms with E-state index < -0.39 is 6.10 Å². The van der Waals surface area contributed by atoms with Crippen molar-refractivity contribution in [3.05, 3.63) is 18.0 Å². The number of ether oxygens (including phenoxy) is 2. The molecule has 0 radical (unpaired) electrons. The van der Waals surface area contributed by atoms with E-state index >= 15 is 0 Å². The van der Waals surface area contributed by atoms with Gasteiger partial charge in [-0.2, -0.15) is 5.10 Å². The van der Waals surface area contributed by atoms with E-state index in [2.05, 4.69) is 10.2 Å². The van der Waals surface area contributed by atoms with Crippen molar-refractivity contribution in [2.75, 3.05) is 26.3 Å². The fraction of sp³-hybridized carbons (Fsp3) is 0.750. The Morgan fingerprint density at radius 2 is 2.45 bits per heavy atom. The summed E-state index contributed by atoms with van der Waals surface area (Å²) in [6.07, 6.45) is 5.77. The molecule has 0 aliphatic carbocycles. The maximum Gasteiger partial charge on any atom is 0.251 e. The van der Waals surface area contributed by atoms with Crippen molar-refractivity contribution >= 4 is 5.91 Å². The average molecular weight is 307 g/mol. The molecule has 1 aromatic rings. The molecular weight excluding hydrogens is 282 g/mol. The molecule has 2 fully saturated rings. The summed E-state index contributed by atoms with van der Waals surface area (Å²) in [7, 11) is 0. The zero-order chi connectivity index (χ0) is 15.4. The Morgan fingerprint density at radius 3 is 3.18 bits per heavy atom. The lowest BCUT2D eigenvalue weighted by Crippen LogP contribution is -2.44. The number of nitrogens with zero attached hydrogens (tertiary/aromatic N) is 2. The fourth-order valence-electron chi connectivity index (χ4n) is 3.28. The highest BCUT2D eigenvalue weighted by Gasteiger charge is 2.29. The minimum absolute atomic E-state index is 0.0854. The van der Waals surface area contributed by atoms with Crippen LogP contribution in [0.3, 0.4) is 0 Å². The van der Waals surface area contributed by atoms with E-state index in [-0.39, 0.29) is 12.0 Å². The highest BCUT2D eigenvalue weighted by molar-refractivity contribution is 5.80. The van der Waals surface area contributed by atoms with E-state index in [1.807, 2.05) is 17.9 Å². The van der Waals surface area contributed by atoms with Gasteiger partial charge in [0, 0.05) is 37.5 Å². The lowest BCUT2D eigenvalue weighted by molar-refractivity contribution is -0.145. The third-order valence-corrected chi connectivity index (χ3v) is 4.60. The summed E-state index contributed by atoms with van der Waals surface area (Å²) in [5.41, 5.74) is 1.12. The second kappa shape index (κ2) is 7.24. The number of H-pyrrole nitrogens is 1. The standard InChI is InChI=1S/C16H25N3O3/c1-12(22-11-14-5-3-9-21-14)16(20)19-8-2-4-13(10-19)15-6-7-17-18-15/h6-7,12-14H,2-5,8-11H2,1H3,(H,17,18). The van der Waals surface area contributed by atoms with Gasteiger partial charge in [0.1, 0.15) is 6.10 Å². The minimum Gasteiger partial charge on any atom is -0.376 e. The average Bonchev–Trinajstić information content (AvgIpc) is 3.25. The molecule has 6 nitrogen and oxygen atoms in total. The molecule has 122 valence electrons. The number of aromatic nitrogens is 2. The number of carbonyl (C=O) groups is 1. The molecule has 3 rings (SSSR count). The number of carbonyl (C=O) groups excluding carboxylic acids is 1. The van der Waals surface area contributed by atoms with E-state index in [1.54, 1.807) is 6.20 Å². The van der Waals surface area contributed by atoms with Crippen molar-refractivity contribution in [3.63, 3.8) is 0 Å². The van der Waals surface area contributed by atoms with E-state index in [1.165, 1.54) is 0 Å². The zero-order valence-corrected chi connectivity index (χ0v) is 13.2. The first-order chi connectivity index (χ1) is 10.7. The Bertz CT molecular complexity index is 471. The lowest BCUT2D eigenvalue weighted by Gasteiger charge is -2.34. The predicted octanol–water partition coefficient (Wildman–Crippen LogP) is 1.70. The lowest BCUT2D eigenvalue weighted by atomic mass is 9.94. The van der Waals surface area contributed by atoms with Crippen molar-refractivity contribution in [2.24, 2.45) is 0 Å². The number of nitrogens with one attached hydrogen (secondary N) is 1. The third-order valence-electron chi connectivity index (χ3n) is 4.60. The van der Waals surface area contributed by atoms with Gasteiger partial charge in [0.2, 0.25) is 0 Å². The first-order valence-corrected chi connectivity index (χ1v) is 8.25. The molecule has 0 aromatic carbocycles. The topological polar surface area (TPSA) is 67.5 Å². The summed E-state index contributed by atoms with van der Waals surface area (Å²) in [6.45, 7) is 4.74. The van der Waals surface area contributed by atoms with Crippen LogP contribution in [0.25, 0.3) is 0 Å². The first-order valence-electron chi connectivity index (χ1n) is 8.25. The Morgan fingerprint density at radius 1 is 1.55 bits per heavy atom. The first kappa shape index (κ1) is 15.5. The fourth-order valence-corrected chi connectivity index (χ4v) is 3.28. The molecule has 0 spiro atoms. The largest absolute Gasteiger partial charge is 0.376 e. The smallest absolute Gasteiger partial charge is 0.251 e. The molecular formula is C16H25N3O3. The van der Waals surface area contributed by atoms with E-state index in [9.17, 15) is 4.79 Å². The number of likely N-dealkylation sites (tertiary alicyclic amines) is 1. The number of amides is 1. The molecule has 1 N–H and O–H groups in total. The summed E-state index contributed by atoms with van der Waals surface area (Å²) >= 11 is 0. The summed E-state index contributed by atoms with van der Waals surface area (Å²) in [4.78, 5) is 14.5. The number of hydrogen-bond donors (Lipinski definition) is 1. The van der Waals surface area contributed by atoms with Crippen molar-refractivity contribution in [1.29, 1.82) is 0 Å². The molecule has 2 aliphatic heterocycles. The van der Waals surface area contributed by atoms with Crippen molar-refractivity contribution in [2.45, 2.75) is 50.7 Å². The number of aromatic amines is 1. The molecule has 2 aliphatic rings. The van der Waals surface area contributed by atoms with Gasteiger partial charge in [0.25, 0.3) is 5.91 Å². The molecule has 3 heterocycles. The van der Waals surface area contributed by atoms with Gasteiger partial charge in [-0.1, -0.05) is 0 Å². The van der Waals surface area contributed by atoms with Gasteiger partial charge in [-0.25, -0.2) is 0 Å². The summed E-state index contributed by atoms with van der Waals surface area (Å²) in [5.74, 6) is 0.438. The molecule has 2 saturated heterocycles. The van der Waals surface area contributed by atoms with Crippen LogP contribution >= 0.6 is 0 Å². The highest BCUT2D eigenvalue weighted by atomic mass is 16.5. The Hall–Kier alpha value is -1.40. The number of rotatable bonds is 5. The van der Waals surface area contributed by atoms with Crippen molar-refractivity contribution in [3.8, 4) is 0 Å². The SMILES string of the molecule is CC(OCC1CCCO1)C(=O)N1CCCC(c2ccn[nH]2)C1. The van der Waals surface area contributed by atoms with Crippen LogP contribution in [-0.4, -0.2) is 59.5 Å². The highest BCUT2D eigenvalue weighted by Crippen LogP contribution is 2.25. The third kappa shape index (κ3) is 3.67. The number of hydrogen-bond acceptors (Lipinski definition) is 4. The molecule has 3 unspecified atom stereocenters. The van der Waals surface area contributed by atoms with Crippen LogP contribution in [0.5, 0.6) is 0 Å². The normalized spacial score (nSPS) is 27.0. The van der Waals surface area contributed by atoms with E-state index in [0.717, 1.165) is 51.1 Å². The van der Waals surface area contributed by atoms with Gasteiger partial charge in [-0.05, 0) is 38.7 Å². The molecule has 6 heteroatoms. The zero-order valence-electron chi connectivity index (χ0n) is 13.2. The Labute approximate surface area is 131 Å². The second-order valence-electron chi connectivity index (χ2n) is 6.25. The van der Waals surface area contributed by atoms with Crippen LogP contribution in [0.4, 0.5) is 0 Å². The van der Waals surface area contributed by atoms with Gasteiger partial charge in [0.15, 0.2) is 0 Å². The molecule has 1 amide bonds. The van der Waals surface area contributed by atoms with Crippen LogP contribution in [0.15, 0.2) is 12.3 Å². The monoisotopic (exact) mass is 307 g/mol. The van der Waals surface area contributed by atoms with Gasteiger partial charge < -0.3 is 14.4 Å². The summed E-state index contributed by atoms with van der Waals surface area (Å²) in [6, 6.07) is 2.00. The van der Waals surface area contributed by atoms with Crippen molar-refractivity contribution in [1.82, 2.24) is 15.1 Å². The Kier molecular flexibility index (Phi) is 5.10. The van der Waals surface area contributed by atoms with Gasteiger partial charge in [-0.3, -0.25) is 9.89 Å². The van der Waals surface area contributed by atoms with Gasteiger partial charge in [-0.15, -0.1) is 0 Å². The Balaban J connectivity index is 1.50. The van der Waals surface area contributed by atoms with E-state index in [4.69, 9.17) is 9.47 Å². The van der Waals surface area contributed by atoms with Gasteiger partial charge >= 0.3 is 0 Å². The molecule has 0 bridgehead atoms. The van der Waals surface area contributed by atoms with Crippen LogP contribution < -0.4 is 0 Å². The van der Waals surface area contributed by atoms with Crippen molar-refractivity contribution < 1.29 is 14.3 Å². The van der Waals surface area contributed by atoms with Crippen LogP contribution in [0.2, 0.25) is 0 Å². The van der Waals surface area contributed by atoms with E-state index in [0.29, 0.717) is 12.5 Å². The minimum atomic E-state index is -0.398. The summed E-state index contributed by atoms with van der Waals surface area (Å²) < 4.78 is 11.3. The van der Waals surface area contributed by atoms with Crippen LogP contribution in [0.1, 0.15) is 44.2 Å². The molecule has 1 aromatic heterocycles. The quantitative estimate of drug-likeness (QED) is 0.899. The van der Waals surface area contributed by atoms with Crippen LogP contribution in [0, 0.1) is 0 Å². The maximum absolute atomic E-state index is 12.6. The molecule has 3 atom stereocenters. The maximum atomic E-state index is 12.6.